The number of allylic oxidation sites excluding steroid dienone is 14. The molecule has 3 rings (SSSR count). The normalized spacial score (nSPS) is 27.1. The van der Waals surface area contributed by atoms with Gasteiger partial charge in [0.2, 0.25) is 5.91 Å². The molecular formula is C80H141NO18. The van der Waals surface area contributed by atoms with Gasteiger partial charge in [-0.25, -0.2) is 0 Å². The minimum absolute atomic E-state index is 0.239. The van der Waals surface area contributed by atoms with Crippen LogP contribution in [0.25, 0.3) is 0 Å². The number of ether oxygens (including phenoxy) is 6. The summed E-state index contributed by atoms with van der Waals surface area (Å²) >= 11 is 0. The Morgan fingerprint density at radius 1 is 0.374 bits per heavy atom. The Hall–Kier alpha value is -3.03. The van der Waals surface area contributed by atoms with Gasteiger partial charge in [0.15, 0.2) is 18.9 Å². The molecule has 0 radical (unpaired) electrons. The van der Waals surface area contributed by atoms with Gasteiger partial charge < -0.3 is 89.9 Å². The van der Waals surface area contributed by atoms with E-state index in [0.717, 1.165) is 103 Å². The highest BCUT2D eigenvalue weighted by molar-refractivity contribution is 5.76. The highest BCUT2D eigenvalue weighted by Gasteiger charge is 2.54. The molecule has 3 fully saturated rings. The highest BCUT2D eigenvalue weighted by atomic mass is 16.8. The Kier molecular flexibility index (Phi) is 54.9. The van der Waals surface area contributed by atoms with Gasteiger partial charge in [0.1, 0.15) is 73.2 Å². The Morgan fingerprint density at radius 2 is 0.697 bits per heavy atom. The largest absolute Gasteiger partial charge is 0.394 e. The molecular weight excluding hydrogens is 1260 g/mol. The van der Waals surface area contributed by atoms with Crippen LogP contribution >= 0.6 is 0 Å². The third-order valence-electron chi connectivity index (χ3n) is 19.2. The average molecular weight is 1400 g/mol. The maximum absolute atomic E-state index is 13.5. The fourth-order valence-electron chi connectivity index (χ4n) is 12.9. The van der Waals surface area contributed by atoms with Crippen molar-refractivity contribution in [3.63, 3.8) is 0 Å². The molecule has 19 heteroatoms. The summed E-state index contributed by atoms with van der Waals surface area (Å²) in [5, 5.41) is 121. The van der Waals surface area contributed by atoms with E-state index in [0.29, 0.717) is 12.8 Å². The smallest absolute Gasteiger partial charge is 0.220 e. The number of hydrogen-bond acceptors (Lipinski definition) is 18. The lowest BCUT2D eigenvalue weighted by Crippen LogP contribution is -2.66. The van der Waals surface area contributed by atoms with Crippen molar-refractivity contribution in [3.05, 3.63) is 85.1 Å². The molecule has 0 aromatic rings. The van der Waals surface area contributed by atoms with Gasteiger partial charge in [-0.15, -0.1) is 0 Å². The number of nitrogens with one attached hydrogen (secondary N) is 1. The van der Waals surface area contributed by atoms with E-state index in [1.54, 1.807) is 0 Å². The zero-order valence-electron chi connectivity index (χ0n) is 61.2. The van der Waals surface area contributed by atoms with E-state index >= 15 is 0 Å². The van der Waals surface area contributed by atoms with Crippen LogP contribution in [-0.2, 0) is 33.2 Å². The van der Waals surface area contributed by atoms with E-state index in [4.69, 9.17) is 28.4 Å². The van der Waals surface area contributed by atoms with E-state index in [2.05, 4.69) is 104 Å². The van der Waals surface area contributed by atoms with Gasteiger partial charge in [-0.2, -0.15) is 0 Å². The molecule has 99 heavy (non-hydrogen) atoms. The van der Waals surface area contributed by atoms with Crippen LogP contribution in [0.15, 0.2) is 85.1 Å². The number of carbonyl (C=O) groups excluding carboxylic acids is 1. The number of aliphatic hydroxyl groups is 11. The molecule has 3 saturated heterocycles. The lowest BCUT2D eigenvalue weighted by molar-refractivity contribution is -0.379. The lowest BCUT2D eigenvalue weighted by Gasteiger charge is -2.48. The Balaban J connectivity index is 1.40. The summed E-state index contributed by atoms with van der Waals surface area (Å²) in [6.45, 7) is 1.70. The molecule has 574 valence electrons. The summed E-state index contributed by atoms with van der Waals surface area (Å²) in [5.74, 6) is -0.262. The van der Waals surface area contributed by atoms with Crippen molar-refractivity contribution in [2.75, 3.05) is 26.4 Å². The summed E-state index contributed by atoms with van der Waals surface area (Å²) < 4.78 is 34.5. The Labute approximate surface area is 597 Å². The zero-order chi connectivity index (χ0) is 71.8. The molecule has 0 aromatic heterocycles. The monoisotopic (exact) mass is 1400 g/mol. The molecule has 3 aliphatic rings. The quantitative estimate of drug-likeness (QED) is 0.0199. The van der Waals surface area contributed by atoms with Crippen LogP contribution in [0.2, 0.25) is 0 Å². The summed E-state index contributed by atoms with van der Waals surface area (Å²) in [5.41, 5.74) is 0. The molecule has 0 aromatic carbocycles. The fraction of sp³-hybridized carbons (Fsp3) is 0.812. The Morgan fingerprint density at radius 3 is 1.09 bits per heavy atom. The van der Waals surface area contributed by atoms with Gasteiger partial charge in [0.25, 0.3) is 0 Å². The lowest BCUT2D eigenvalue weighted by atomic mass is 9.96. The van der Waals surface area contributed by atoms with Crippen LogP contribution in [-0.4, -0.2) is 193 Å². The summed E-state index contributed by atoms with van der Waals surface area (Å²) in [4.78, 5) is 13.5. The average Bonchev–Trinajstić information content (AvgIpc) is 0.784. The molecule has 3 aliphatic heterocycles. The van der Waals surface area contributed by atoms with Gasteiger partial charge in [-0.05, 0) is 70.6 Å². The van der Waals surface area contributed by atoms with Crippen molar-refractivity contribution in [2.45, 2.75) is 388 Å². The van der Waals surface area contributed by atoms with Crippen LogP contribution in [0, 0.1) is 0 Å². The molecule has 0 saturated carbocycles. The van der Waals surface area contributed by atoms with Gasteiger partial charge in [0, 0.05) is 6.42 Å². The molecule has 1 amide bonds. The topological polar surface area (TPSA) is 307 Å². The predicted octanol–water partition coefficient (Wildman–Crippen LogP) is 12.6. The molecule has 0 spiro atoms. The van der Waals surface area contributed by atoms with Crippen LogP contribution in [0.4, 0.5) is 0 Å². The predicted molar refractivity (Wildman–Crippen MR) is 392 cm³/mol. The van der Waals surface area contributed by atoms with Crippen molar-refractivity contribution in [3.8, 4) is 0 Å². The summed E-state index contributed by atoms with van der Waals surface area (Å²) in [6, 6.07) is -0.906. The van der Waals surface area contributed by atoms with Crippen LogP contribution in [0.3, 0.4) is 0 Å². The first-order valence-corrected chi connectivity index (χ1v) is 39.3. The van der Waals surface area contributed by atoms with Crippen molar-refractivity contribution < 1.29 is 89.4 Å². The number of hydrogen-bond donors (Lipinski definition) is 12. The minimum atomic E-state index is -1.98. The van der Waals surface area contributed by atoms with Crippen LogP contribution in [0.1, 0.15) is 284 Å². The van der Waals surface area contributed by atoms with Gasteiger partial charge in [-0.1, -0.05) is 292 Å². The molecule has 17 atom stereocenters. The molecule has 3 heterocycles. The number of carbonyl (C=O) groups is 1. The standard InChI is InChI=1S/C80H141NO18/c1-3-5-7-9-11-13-15-17-19-21-23-25-27-29-31-33-35-37-39-41-43-45-47-49-51-53-55-57-64(85)63(81-68(86)58-56-54-52-50-48-46-44-42-40-38-36-34-32-30-28-26-24-22-20-18-16-14-12-10-8-6-4-2)62-94-78-74(92)71(89)76(66(60-83)96-78)99-80-75(93)72(90)77(67(61-84)97-80)98-79-73(91)70(88)69(87)65(59-82)95-79/h6,8,12,14,18,20,24,26,30,32,36,38,42,44,63-67,69-80,82-85,87-93H,3-5,7,9-11,13,15-17,19,21-23,25,27-29,31,33-35,37,39-41,43,45-62H2,1-2H3,(H,81,86)/b8-6-,14-12-,20-18-,26-24-,32-30-,38-36-,44-42-. The SMILES string of the molecule is CC/C=C\C/C=C\C/C=C\C/C=C\C/C=C\C/C=C\C/C=C\CCCCCCCC(=O)NC(COC1OC(CO)C(OC2OC(CO)C(OC3OC(CO)C(O)C(O)C3O)C(O)C2O)C(O)C1O)C(O)CCCCCCCCCCCCCCCCCCCCCCCCCCCCC. The first-order chi connectivity index (χ1) is 48.3. The highest BCUT2D eigenvalue weighted by Crippen LogP contribution is 2.33. The van der Waals surface area contributed by atoms with E-state index < -0.39 is 124 Å². The maximum Gasteiger partial charge on any atom is 0.220 e. The molecule has 0 bridgehead atoms. The molecule has 19 nitrogen and oxygen atoms in total. The van der Waals surface area contributed by atoms with Gasteiger partial charge >= 0.3 is 0 Å². The zero-order valence-corrected chi connectivity index (χ0v) is 61.2. The third kappa shape index (κ3) is 40.7. The van der Waals surface area contributed by atoms with E-state index in [1.165, 1.54) is 148 Å². The number of rotatable bonds is 61. The van der Waals surface area contributed by atoms with Crippen molar-refractivity contribution >= 4 is 5.91 Å². The number of amides is 1. The first-order valence-electron chi connectivity index (χ1n) is 39.3. The minimum Gasteiger partial charge on any atom is -0.394 e. The number of aliphatic hydroxyl groups excluding tert-OH is 11. The number of unbranched alkanes of at least 4 members (excludes halogenated alkanes) is 31. The maximum atomic E-state index is 13.5. The molecule has 12 N–H and O–H groups in total. The van der Waals surface area contributed by atoms with E-state index in [-0.39, 0.29) is 18.9 Å². The molecule has 17 unspecified atom stereocenters. The first kappa shape index (κ1) is 90.2. The van der Waals surface area contributed by atoms with E-state index in [1.807, 2.05) is 0 Å². The van der Waals surface area contributed by atoms with Crippen molar-refractivity contribution in [2.24, 2.45) is 0 Å². The van der Waals surface area contributed by atoms with Crippen molar-refractivity contribution in [1.29, 1.82) is 0 Å². The van der Waals surface area contributed by atoms with Crippen LogP contribution < -0.4 is 5.32 Å². The summed E-state index contributed by atoms with van der Waals surface area (Å²) in [7, 11) is 0. The fourth-order valence-corrected chi connectivity index (χ4v) is 12.9. The molecule has 0 aliphatic carbocycles. The second kappa shape index (κ2) is 60.3. The van der Waals surface area contributed by atoms with Crippen molar-refractivity contribution in [1.82, 2.24) is 5.32 Å². The van der Waals surface area contributed by atoms with E-state index in [9.17, 15) is 61.0 Å². The second-order valence-corrected chi connectivity index (χ2v) is 27.8. The summed E-state index contributed by atoms with van der Waals surface area (Å²) in [6.07, 6.45) is 52.3. The van der Waals surface area contributed by atoms with Crippen LogP contribution in [0.5, 0.6) is 0 Å². The Bertz CT molecular complexity index is 2120. The van der Waals surface area contributed by atoms with Gasteiger partial charge in [0.05, 0.1) is 38.6 Å². The third-order valence-corrected chi connectivity index (χ3v) is 19.2. The second-order valence-electron chi connectivity index (χ2n) is 27.8. The van der Waals surface area contributed by atoms with Gasteiger partial charge in [-0.3, -0.25) is 4.79 Å².